The van der Waals surface area contributed by atoms with Crippen molar-refractivity contribution in [2.45, 2.75) is 19.5 Å². The lowest BCUT2D eigenvalue weighted by molar-refractivity contribution is 0.152. The molecule has 0 aromatic heterocycles. The third-order valence-corrected chi connectivity index (χ3v) is 3.21. The average Bonchev–Trinajstić information content (AvgIpc) is 2.27. The van der Waals surface area contributed by atoms with Crippen LogP contribution in [0.4, 0.5) is 14.5 Å². The Morgan fingerprint density at radius 3 is 2.50 bits per heavy atom. The summed E-state index contributed by atoms with van der Waals surface area (Å²) in [5.74, 6) is 0. The van der Waals surface area contributed by atoms with E-state index in [1.807, 2.05) is 0 Å². The highest BCUT2D eigenvalue weighted by atomic mass is 79.9. The van der Waals surface area contributed by atoms with Crippen molar-refractivity contribution < 1.29 is 19.0 Å². The summed E-state index contributed by atoms with van der Waals surface area (Å²) in [6, 6.07) is 5.00. The fraction of sp³-hybridized carbons (Fsp3) is 0.500. The van der Waals surface area contributed by atoms with Crippen LogP contribution in [0.3, 0.4) is 0 Å². The number of aliphatic hydroxyl groups is 2. The Kier molecular flexibility index (Phi) is 5.98. The van der Waals surface area contributed by atoms with E-state index in [1.165, 1.54) is 4.90 Å². The number of nitrogens with zero attached hydrogens (tertiary/aromatic N) is 1. The van der Waals surface area contributed by atoms with Gasteiger partial charge in [-0.05, 0) is 24.6 Å². The van der Waals surface area contributed by atoms with Crippen molar-refractivity contribution in [1.29, 1.82) is 0 Å². The molecule has 2 N–H and O–H groups in total. The molecule has 0 radical (unpaired) electrons. The molecule has 0 unspecified atom stereocenters. The molecule has 0 saturated heterocycles. The molecule has 0 aliphatic rings. The number of hydrogen-bond acceptors (Lipinski definition) is 3. The highest BCUT2D eigenvalue weighted by Crippen LogP contribution is 2.28. The Labute approximate surface area is 113 Å². The maximum Gasteiger partial charge on any atom is 0.255 e. The summed E-state index contributed by atoms with van der Waals surface area (Å²) in [7, 11) is 0. The van der Waals surface area contributed by atoms with Crippen LogP contribution in [-0.2, 0) is 0 Å². The van der Waals surface area contributed by atoms with Gasteiger partial charge >= 0.3 is 0 Å². The van der Waals surface area contributed by atoms with E-state index in [1.54, 1.807) is 25.1 Å². The van der Waals surface area contributed by atoms with Crippen LogP contribution in [0.1, 0.15) is 18.6 Å². The molecule has 1 aromatic carbocycles. The summed E-state index contributed by atoms with van der Waals surface area (Å²) < 4.78 is 25.5. The molecule has 0 aliphatic heterocycles. The Morgan fingerprint density at radius 1 is 1.39 bits per heavy atom. The first-order chi connectivity index (χ1) is 8.45. The first-order valence-electron chi connectivity index (χ1n) is 5.57. The van der Waals surface area contributed by atoms with Crippen LogP contribution in [0.25, 0.3) is 0 Å². The zero-order valence-corrected chi connectivity index (χ0v) is 11.6. The van der Waals surface area contributed by atoms with E-state index in [0.717, 1.165) is 0 Å². The molecule has 1 atom stereocenters. The molecule has 3 nitrogen and oxygen atoms in total. The predicted octanol–water partition coefficient (Wildman–Crippen LogP) is 2.57. The number of rotatable bonds is 6. The number of aliphatic hydroxyl groups excluding tert-OH is 2. The first-order valence-corrected chi connectivity index (χ1v) is 6.36. The number of anilines is 1. The van der Waals surface area contributed by atoms with Gasteiger partial charge in [0.25, 0.3) is 6.43 Å². The highest BCUT2D eigenvalue weighted by Gasteiger charge is 2.14. The van der Waals surface area contributed by atoms with Gasteiger partial charge in [-0.1, -0.05) is 22.0 Å². The van der Waals surface area contributed by atoms with Crippen molar-refractivity contribution in [2.75, 3.05) is 24.6 Å². The second-order valence-corrected chi connectivity index (χ2v) is 4.80. The number of halogens is 3. The molecular weight excluding hydrogens is 308 g/mol. The van der Waals surface area contributed by atoms with Crippen LogP contribution in [0.15, 0.2) is 22.7 Å². The van der Waals surface area contributed by atoms with Gasteiger partial charge in [0.15, 0.2) is 0 Å². The molecule has 102 valence electrons. The highest BCUT2D eigenvalue weighted by molar-refractivity contribution is 9.10. The van der Waals surface area contributed by atoms with Gasteiger partial charge in [-0.25, -0.2) is 8.78 Å². The molecule has 18 heavy (non-hydrogen) atoms. The van der Waals surface area contributed by atoms with Gasteiger partial charge in [-0.15, -0.1) is 0 Å². The molecular formula is C12H16BrF2NO2. The summed E-state index contributed by atoms with van der Waals surface area (Å²) in [4.78, 5) is 1.40. The van der Waals surface area contributed by atoms with E-state index in [-0.39, 0.29) is 13.2 Å². The minimum absolute atomic E-state index is 0.144. The maximum atomic E-state index is 12.4. The lowest BCUT2D eigenvalue weighted by Gasteiger charge is -2.24. The van der Waals surface area contributed by atoms with E-state index in [2.05, 4.69) is 15.9 Å². The SMILES string of the molecule is C[C@@H](O)c1ccc(N(CCO)CC(F)F)cc1Br. The first kappa shape index (κ1) is 15.3. The van der Waals surface area contributed by atoms with Gasteiger partial charge in [-0.2, -0.15) is 0 Å². The largest absolute Gasteiger partial charge is 0.395 e. The molecule has 0 spiro atoms. The maximum absolute atomic E-state index is 12.4. The van der Waals surface area contributed by atoms with Gasteiger partial charge in [0.1, 0.15) is 0 Å². The van der Waals surface area contributed by atoms with E-state index >= 15 is 0 Å². The van der Waals surface area contributed by atoms with Crippen molar-refractivity contribution >= 4 is 21.6 Å². The van der Waals surface area contributed by atoms with Crippen molar-refractivity contribution in [3.63, 3.8) is 0 Å². The molecule has 0 bridgehead atoms. The third kappa shape index (κ3) is 4.19. The summed E-state index contributed by atoms with van der Waals surface area (Å²) in [6.45, 7) is 1.15. The third-order valence-electron chi connectivity index (χ3n) is 2.53. The van der Waals surface area contributed by atoms with Crippen molar-refractivity contribution in [2.24, 2.45) is 0 Å². The lowest BCUT2D eigenvalue weighted by atomic mass is 10.1. The van der Waals surface area contributed by atoms with Gasteiger partial charge < -0.3 is 15.1 Å². The van der Waals surface area contributed by atoms with Crippen LogP contribution in [0, 0.1) is 0 Å². The van der Waals surface area contributed by atoms with Gasteiger partial charge in [0.05, 0.1) is 19.3 Å². The minimum atomic E-state index is -2.47. The van der Waals surface area contributed by atoms with Crippen LogP contribution in [0.2, 0.25) is 0 Å². The quantitative estimate of drug-likeness (QED) is 0.845. The Morgan fingerprint density at radius 2 is 2.06 bits per heavy atom. The molecule has 0 amide bonds. The summed E-state index contributed by atoms with van der Waals surface area (Å²) in [5, 5.41) is 18.4. The Bertz CT molecular complexity index is 388. The molecule has 0 heterocycles. The minimum Gasteiger partial charge on any atom is -0.395 e. The molecule has 0 aliphatic carbocycles. The second-order valence-electron chi connectivity index (χ2n) is 3.94. The smallest absolute Gasteiger partial charge is 0.255 e. The van der Waals surface area contributed by atoms with Crippen LogP contribution < -0.4 is 4.90 Å². The lowest BCUT2D eigenvalue weighted by Crippen LogP contribution is -2.31. The van der Waals surface area contributed by atoms with Crippen LogP contribution in [0.5, 0.6) is 0 Å². The van der Waals surface area contributed by atoms with Crippen molar-refractivity contribution in [3.05, 3.63) is 28.2 Å². The molecule has 6 heteroatoms. The molecule has 1 aromatic rings. The Balaban J connectivity index is 2.95. The number of hydrogen-bond donors (Lipinski definition) is 2. The van der Waals surface area contributed by atoms with Gasteiger partial charge in [0.2, 0.25) is 0 Å². The summed E-state index contributed by atoms with van der Waals surface area (Å²) in [5.41, 5.74) is 1.28. The standard InChI is InChI=1S/C12H16BrF2NO2/c1-8(18)10-3-2-9(6-11(10)13)16(4-5-17)7-12(14)15/h2-3,6,8,12,17-18H,4-5,7H2,1H3/t8-/m1/s1. The number of benzene rings is 1. The van der Waals surface area contributed by atoms with Gasteiger partial charge in [0, 0.05) is 16.7 Å². The zero-order valence-electron chi connectivity index (χ0n) is 9.98. The molecule has 1 rings (SSSR count). The fourth-order valence-electron chi connectivity index (χ4n) is 1.66. The normalized spacial score (nSPS) is 12.8. The molecule has 0 saturated carbocycles. The Hall–Kier alpha value is -0.720. The van der Waals surface area contributed by atoms with E-state index in [0.29, 0.717) is 15.7 Å². The van der Waals surface area contributed by atoms with Crippen LogP contribution in [-0.4, -0.2) is 36.3 Å². The molecule has 0 fully saturated rings. The van der Waals surface area contributed by atoms with E-state index in [4.69, 9.17) is 5.11 Å². The number of alkyl halides is 2. The average molecular weight is 324 g/mol. The topological polar surface area (TPSA) is 43.7 Å². The fourth-order valence-corrected chi connectivity index (χ4v) is 2.36. The van der Waals surface area contributed by atoms with Crippen molar-refractivity contribution in [1.82, 2.24) is 0 Å². The summed E-state index contributed by atoms with van der Waals surface area (Å²) in [6.07, 6.45) is -3.10. The van der Waals surface area contributed by atoms with Crippen molar-refractivity contribution in [3.8, 4) is 0 Å². The summed E-state index contributed by atoms with van der Waals surface area (Å²) >= 11 is 3.30. The predicted molar refractivity (Wildman–Crippen MR) is 70.1 cm³/mol. The zero-order chi connectivity index (χ0) is 13.7. The monoisotopic (exact) mass is 323 g/mol. The second kappa shape index (κ2) is 7.01. The van der Waals surface area contributed by atoms with Crippen LogP contribution >= 0.6 is 15.9 Å². The van der Waals surface area contributed by atoms with E-state index < -0.39 is 19.1 Å². The van der Waals surface area contributed by atoms with Gasteiger partial charge in [-0.3, -0.25) is 0 Å². The van der Waals surface area contributed by atoms with E-state index in [9.17, 15) is 13.9 Å².